The molecular formula is C29H37NO3. The Balaban J connectivity index is 2.07. The van der Waals surface area contributed by atoms with Crippen LogP contribution in [0.15, 0.2) is 78.9 Å². The Morgan fingerprint density at radius 1 is 0.727 bits per heavy atom. The Hall–Kier alpha value is -2.82. The molecule has 0 spiro atoms. The fourth-order valence-corrected chi connectivity index (χ4v) is 4.60. The van der Waals surface area contributed by atoms with Crippen LogP contribution in [0.1, 0.15) is 43.4 Å². The van der Waals surface area contributed by atoms with E-state index >= 15 is 0 Å². The maximum atomic E-state index is 11.8. The number of hydrogen-bond donors (Lipinski definition) is 1. The van der Waals surface area contributed by atoms with Crippen molar-refractivity contribution in [2.45, 2.75) is 57.8 Å². The summed E-state index contributed by atoms with van der Waals surface area (Å²) in [6, 6.07) is 26.6. The molecule has 1 atom stereocenters. The summed E-state index contributed by atoms with van der Waals surface area (Å²) in [7, 11) is 3.42. The summed E-state index contributed by atoms with van der Waals surface area (Å²) in [5, 5.41) is 11.8. The first-order valence-electron chi connectivity index (χ1n) is 11.8. The Kier molecular flexibility index (Phi) is 8.93. The maximum Gasteiger partial charge on any atom is 0.123 e. The minimum atomic E-state index is -0.833. The Bertz CT molecular complexity index is 935. The van der Waals surface area contributed by atoms with Gasteiger partial charge >= 0.3 is 0 Å². The molecular weight excluding hydrogens is 410 g/mol. The van der Waals surface area contributed by atoms with Crippen LogP contribution in [0, 0.1) is 0 Å². The number of para-hydroxylation sites is 2. The number of benzene rings is 3. The summed E-state index contributed by atoms with van der Waals surface area (Å²) in [5.41, 5.74) is 2.58. The van der Waals surface area contributed by atoms with Gasteiger partial charge < -0.3 is 14.6 Å². The molecule has 0 saturated heterocycles. The number of methoxy groups -OCH3 is 2. The first-order chi connectivity index (χ1) is 16.0. The summed E-state index contributed by atoms with van der Waals surface area (Å²) in [4.78, 5) is 2.38. The van der Waals surface area contributed by atoms with Gasteiger partial charge in [-0.15, -0.1) is 0 Å². The molecule has 0 amide bonds. The van der Waals surface area contributed by atoms with E-state index in [0.29, 0.717) is 25.9 Å². The molecule has 0 aliphatic rings. The molecule has 3 aromatic carbocycles. The van der Waals surface area contributed by atoms with Crippen LogP contribution in [0.2, 0.25) is 0 Å². The van der Waals surface area contributed by atoms with E-state index in [1.54, 1.807) is 14.2 Å². The van der Waals surface area contributed by atoms with Crippen molar-refractivity contribution < 1.29 is 14.6 Å². The minimum absolute atomic E-state index is 0.0928. The van der Waals surface area contributed by atoms with Gasteiger partial charge in [0, 0.05) is 30.3 Å². The lowest BCUT2D eigenvalue weighted by molar-refractivity contribution is -0.0600. The van der Waals surface area contributed by atoms with Crippen LogP contribution >= 0.6 is 0 Å². The van der Waals surface area contributed by atoms with Crippen molar-refractivity contribution in [3.8, 4) is 11.5 Å². The highest BCUT2D eigenvalue weighted by Crippen LogP contribution is 2.32. The second kappa shape index (κ2) is 11.9. The number of aliphatic hydroxyl groups is 1. The Morgan fingerprint density at radius 3 is 1.64 bits per heavy atom. The fraction of sp³-hybridized carbons (Fsp3) is 0.379. The number of nitrogens with zero attached hydrogens (tertiary/aromatic N) is 1. The molecule has 0 saturated carbocycles. The zero-order valence-electron chi connectivity index (χ0n) is 20.3. The molecule has 33 heavy (non-hydrogen) atoms. The highest BCUT2D eigenvalue weighted by molar-refractivity contribution is 5.35. The van der Waals surface area contributed by atoms with E-state index < -0.39 is 5.60 Å². The molecule has 3 rings (SSSR count). The summed E-state index contributed by atoms with van der Waals surface area (Å²) >= 11 is 0. The normalized spacial score (nSPS) is 12.5. The molecule has 4 heteroatoms. The number of hydrogen-bond acceptors (Lipinski definition) is 4. The smallest absolute Gasteiger partial charge is 0.123 e. The van der Waals surface area contributed by atoms with Gasteiger partial charge in [0.25, 0.3) is 0 Å². The predicted octanol–water partition coefficient (Wildman–Crippen LogP) is 5.87. The molecule has 0 aliphatic carbocycles. The largest absolute Gasteiger partial charge is 0.496 e. The molecule has 0 aliphatic heterocycles. The number of ether oxygens (including phenoxy) is 2. The van der Waals surface area contributed by atoms with Crippen LogP contribution in [-0.2, 0) is 19.5 Å². The lowest BCUT2D eigenvalue weighted by atomic mass is 9.83. The Morgan fingerprint density at radius 2 is 1.18 bits per heavy atom. The lowest BCUT2D eigenvalue weighted by Crippen LogP contribution is -2.53. The zero-order chi connectivity index (χ0) is 23.7. The van der Waals surface area contributed by atoms with Gasteiger partial charge in [-0.3, -0.25) is 4.90 Å². The zero-order valence-corrected chi connectivity index (χ0v) is 20.3. The predicted molar refractivity (Wildman–Crippen MR) is 135 cm³/mol. The highest BCUT2D eigenvalue weighted by Gasteiger charge is 2.38. The monoisotopic (exact) mass is 447 g/mol. The molecule has 1 N–H and O–H groups in total. The summed E-state index contributed by atoms with van der Waals surface area (Å²) in [6.07, 6.45) is 2.11. The summed E-state index contributed by atoms with van der Waals surface area (Å²) < 4.78 is 11.3. The third kappa shape index (κ3) is 6.16. The molecule has 4 nitrogen and oxygen atoms in total. The second-order valence-corrected chi connectivity index (χ2v) is 8.54. The van der Waals surface area contributed by atoms with Crippen molar-refractivity contribution in [2.75, 3.05) is 14.2 Å². The van der Waals surface area contributed by atoms with Crippen molar-refractivity contribution >= 4 is 0 Å². The average molecular weight is 448 g/mol. The summed E-state index contributed by atoms with van der Waals surface area (Å²) in [5.74, 6) is 1.72. The molecule has 3 aromatic rings. The van der Waals surface area contributed by atoms with E-state index in [4.69, 9.17) is 9.47 Å². The van der Waals surface area contributed by atoms with Gasteiger partial charge in [-0.2, -0.15) is 0 Å². The van der Waals surface area contributed by atoms with Gasteiger partial charge in [-0.05, 0) is 37.0 Å². The van der Waals surface area contributed by atoms with E-state index in [2.05, 4.69) is 55.1 Å². The minimum Gasteiger partial charge on any atom is -0.496 e. The van der Waals surface area contributed by atoms with E-state index in [1.165, 1.54) is 5.56 Å². The SMILES string of the molecule is CCC(O)(CC)[C@@H](Cc1ccccc1)N(Cc1ccccc1OC)Cc1ccccc1OC. The second-order valence-electron chi connectivity index (χ2n) is 8.54. The third-order valence-electron chi connectivity index (χ3n) is 6.69. The quantitative estimate of drug-likeness (QED) is 0.377. The number of rotatable bonds is 12. The molecule has 0 radical (unpaired) electrons. The molecule has 176 valence electrons. The Labute approximate surface area is 198 Å². The van der Waals surface area contributed by atoms with Gasteiger partial charge in [0.05, 0.1) is 19.8 Å². The van der Waals surface area contributed by atoms with Crippen molar-refractivity contribution in [3.05, 3.63) is 95.6 Å². The van der Waals surface area contributed by atoms with Gasteiger partial charge in [0.15, 0.2) is 0 Å². The van der Waals surface area contributed by atoms with Crippen molar-refractivity contribution in [2.24, 2.45) is 0 Å². The highest BCUT2D eigenvalue weighted by atomic mass is 16.5. The van der Waals surface area contributed by atoms with Gasteiger partial charge in [0.1, 0.15) is 11.5 Å². The topological polar surface area (TPSA) is 41.9 Å². The molecule has 0 fully saturated rings. The maximum absolute atomic E-state index is 11.8. The standard InChI is InChI=1S/C29H37NO3/c1-5-29(31,6-2)28(20-23-14-8-7-9-15-23)30(21-24-16-10-12-18-26(24)32-3)22-25-17-11-13-19-27(25)33-4/h7-19,28,31H,5-6,20-22H2,1-4H3/t28-/m1/s1. The van der Waals surface area contributed by atoms with E-state index in [0.717, 1.165) is 29.0 Å². The van der Waals surface area contributed by atoms with Crippen molar-refractivity contribution in [3.63, 3.8) is 0 Å². The average Bonchev–Trinajstić information content (AvgIpc) is 2.87. The van der Waals surface area contributed by atoms with Gasteiger partial charge in [0.2, 0.25) is 0 Å². The van der Waals surface area contributed by atoms with Crippen LogP contribution < -0.4 is 9.47 Å². The van der Waals surface area contributed by atoms with Crippen molar-refractivity contribution in [1.29, 1.82) is 0 Å². The van der Waals surface area contributed by atoms with Crippen LogP contribution in [0.25, 0.3) is 0 Å². The van der Waals surface area contributed by atoms with Gasteiger partial charge in [-0.25, -0.2) is 0 Å². The molecule has 0 aromatic heterocycles. The van der Waals surface area contributed by atoms with E-state index in [1.807, 2.05) is 42.5 Å². The third-order valence-corrected chi connectivity index (χ3v) is 6.69. The first kappa shape index (κ1) is 24.8. The lowest BCUT2D eigenvalue weighted by Gasteiger charge is -2.43. The fourth-order valence-electron chi connectivity index (χ4n) is 4.60. The van der Waals surface area contributed by atoms with Crippen LogP contribution in [0.4, 0.5) is 0 Å². The molecule has 0 unspecified atom stereocenters. The van der Waals surface area contributed by atoms with Crippen LogP contribution in [0.3, 0.4) is 0 Å². The molecule has 0 heterocycles. The van der Waals surface area contributed by atoms with Gasteiger partial charge in [-0.1, -0.05) is 80.6 Å². The molecule has 0 bridgehead atoms. The van der Waals surface area contributed by atoms with E-state index in [9.17, 15) is 5.11 Å². The van der Waals surface area contributed by atoms with Crippen LogP contribution in [-0.4, -0.2) is 35.9 Å². The van der Waals surface area contributed by atoms with Crippen LogP contribution in [0.5, 0.6) is 11.5 Å². The van der Waals surface area contributed by atoms with E-state index in [-0.39, 0.29) is 6.04 Å². The first-order valence-corrected chi connectivity index (χ1v) is 11.8. The van der Waals surface area contributed by atoms with Crippen molar-refractivity contribution in [1.82, 2.24) is 4.90 Å². The summed E-state index contributed by atoms with van der Waals surface area (Å²) in [6.45, 7) is 5.46.